The Morgan fingerprint density at radius 2 is 2.16 bits per heavy atom. The van der Waals surface area contributed by atoms with Gasteiger partial charge in [-0.15, -0.1) is 0 Å². The quantitative estimate of drug-likeness (QED) is 0.853. The first-order valence-electron chi connectivity index (χ1n) is 6.55. The van der Waals surface area contributed by atoms with Crippen LogP contribution in [0.4, 0.5) is 5.82 Å². The Hall–Kier alpha value is -0.920. The van der Waals surface area contributed by atoms with Gasteiger partial charge in [0.05, 0.1) is 19.5 Å². The van der Waals surface area contributed by atoms with Gasteiger partial charge < -0.3 is 14.6 Å². The molecule has 0 aliphatic carbocycles. The lowest BCUT2D eigenvalue weighted by molar-refractivity contribution is 0.0209. The fourth-order valence-electron chi connectivity index (χ4n) is 2.77. The summed E-state index contributed by atoms with van der Waals surface area (Å²) in [5.41, 5.74) is -0.125. The van der Waals surface area contributed by atoms with Gasteiger partial charge in [-0.1, -0.05) is 0 Å². The molecule has 7 heteroatoms. The molecular formula is C12H17BrN4O2. The summed E-state index contributed by atoms with van der Waals surface area (Å²) in [4.78, 5) is 23.1. The second-order valence-corrected chi connectivity index (χ2v) is 5.70. The minimum Gasteiger partial charge on any atom is -0.379 e. The third-order valence-electron chi connectivity index (χ3n) is 3.80. The number of anilines is 1. The lowest BCUT2D eigenvalue weighted by Gasteiger charge is -2.32. The maximum absolute atomic E-state index is 11.6. The number of nitrogens with zero attached hydrogens (tertiary/aromatic N) is 3. The summed E-state index contributed by atoms with van der Waals surface area (Å²) in [5.74, 6) is 0.750. The molecular weight excluding hydrogens is 312 g/mol. The van der Waals surface area contributed by atoms with Crippen molar-refractivity contribution < 1.29 is 4.74 Å². The molecule has 6 nitrogen and oxygen atoms in total. The first kappa shape index (κ1) is 13.1. The summed E-state index contributed by atoms with van der Waals surface area (Å²) in [7, 11) is 0. The van der Waals surface area contributed by atoms with Gasteiger partial charge in [0, 0.05) is 32.2 Å². The monoisotopic (exact) mass is 328 g/mol. The highest BCUT2D eigenvalue weighted by atomic mass is 79.9. The summed E-state index contributed by atoms with van der Waals surface area (Å²) in [6.45, 7) is 5.52. The molecule has 2 aliphatic rings. The Kier molecular flexibility index (Phi) is 3.86. The fourth-order valence-corrected chi connectivity index (χ4v) is 3.24. The third kappa shape index (κ3) is 2.68. The van der Waals surface area contributed by atoms with E-state index in [1.165, 1.54) is 6.33 Å². The van der Waals surface area contributed by atoms with E-state index in [1.807, 2.05) is 0 Å². The molecule has 0 radical (unpaired) electrons. The maximum Gasteiger partial charge on any atom is 0.267 e. The van der Waals surface area contributed by atoms with Crippen LogP contribution in [0.5, 0.6) is 0 Å². The minimum absolute atomic E-state index is 0.125. The number of morpholine rings is 1. The van der Waals surface area contributed by atoms with Crippen molar-refractivity contribution in [1.29, 1.82) is 0 Å². The predicted octanol–water partition coefficient (Wildman–Crippen LogP) is 0.443. The Bertz CT molecular complexity index is 501. The van der Waals surface area contributed by atoms with Gasteiger partial charge in [-0.3, -0.25) is 9.69 Å². The van der Waals surface area contributed by atoms with Gasteiger partial charge >= 0.3 is 0 Å². The fraction of sp³-hybridized carbons (Fsp3) is 0.667. The first-order valence-corrected chi connectivity index (χ1v) is 7.35. The van der Waals surface area contributed by atoms with Gasteiger partial charge in [0.1, 0.15) is 10.3 Å². The molecule has 0 bridgehead atoms. The Morgan fingerprint density at radius 3 is 2.95 bits per heavy atom. The van der Waals surface area contributed by atoms with Crippen LogP contribution in [0.1, 0.15) is 6.42 Å². The van der Waals surface area contributed by atoms with Crippen molar-refractivity contribution in [3.63, 3.8) is 0 Å². The Morgan fingerprint density at radius 1 is 1.37 bits per heavy atom. The molecule has 1 unspecified atom stereocenters. The zero-order valence-electron chi connectivity index (χ0n) is 10.6. The molecule has 1 aromatic rings. The summed E-state index contributed by atoms with van der Waals surface area (Å²) in [5, 5.41) is 0. The standard InChI is InChI=1S/C12H17BrN4O2/c13-10-11(14-8-15-12(10)18)17-2-1-9(7-17)16-3-5-19-6-4-16/h8-9H,1-7H2,(H,14,15,18). The van der Waals surface area contributed by atoms with Crippen LogP contribution in [0.3, 0.4) is 0 Å². The number of hydrogen-bond donors (Lipinski definition) is 1. The van der Waals surface area contributed by atoms with E-state index >= 15 is 0 Å². The van der Waals surface area contributed by atoms with Crippen molar-refractivity contribution in [1.82, 2.24) is 14.9 Å². The molecule has 104 valence electrons. The normalized spacial score (nSPS) is 24.9. The zero-order chi connectivity index (χ0) is 13.2. The van der Waals surface area contributed by atoms with E-state index in [0.29, 0.717) is 10.5 Å². The van der Waals surface area contributed by atoms with Gasteiger partial charge in [0.15, 0.2) is 0 Å². The van der Waals surface area contributed by atoms with E-state index in [0.717, 1.165) is 51.6 Å². The van der Waals surface area contributed by atoms with Crippen molar-refractivity contribution in [3.8, 4) is 0 Å². The van der Waals surface area contributed by atoms with Crippen molar-refractivity contribution in [2.75, 3.05) is 44.3 Å². The number of ether oxygens (including phenoxy) is 1. The number of rotatable bonds is 2. The van der Waals surface area contributed by atoms with Gasteiger partial charge in [-0.05, 0) is 22.4 Å². The van der Waals surface area contributed by atoms with Crippen LogP contribution in [0, 0.1) is 0 Å². The number of aromatic nitrogens is 2. The van der Waals surface area contributed by atoms with Gasteiger partial charge in [-0.2, -0.15) is 0 Å². The summed E-state index contributed by atoms with van der Waals surface area (Å²) < 4.78 is 5.91. The molecule has 3 heterocycles. The van der Waals surface area contributed by atoms with E-state index < -0.39 is 0 Å². The topological polar surface area (TPSA) is 61.5 Å². The molecule has 2 saturated heterocycles. The number of nitrogens with one attached hydrogen (secondary N) is 1. The first-order chi connectivity index (χ1) is 9.25. The van der Waals surface area contributed by atoms with E-state index in [2.05, 4.69) is 35.7 Å². The van der Waals surface area contributed by atoms with Crippen LogP contribution in [0.25, 0.3) is 0 Å². The molecule has 19 heavy (non-hydrogen) atoms. The van der Waals surface area contributed by atoms with Gasteiger partial charge in [0.25, 0.3) is 5.56 Å². The SMILES string of the molecule is O=c1[nH]cnc(N2CCC(N3CCOCC3)C2)c1Br. The van der Waals surface area contributed by atoms with Crippen LogP contribution in [0.15, 0.2) is 15.6 Å². The summed E-state index contributed by atoms with van der Waals surface area (Å²) in [6.07, 6.45) is 2.57. The minimum atomic E-state index is -0.125. The maximum atomic E-state index is 11.6. The number of halogens is 1. The van der Waals surface area contributed by atoms with E-state index in [4.69, 9.17) is 4.74 Å². The van der Waals surface area contributed by atoms with E-state index in [9.17, 15) is 4.79 Å². The zero-order valence-corrected chi connectivity index (χ0v) is 12.2. The van der Waals surface area contributed by atoms with Crippen LogP contribution >= 0.6 is 15.9 Å². The molecule has 1 N–H and O–H groups in total. The molecule has 0 amide bonds. The number of hydrogen-bond acceptors (Lipinski definition) is 5. The molecule has 0 spiro atoms. The lowest BCUT2D eigenvalue weighted by Crippen LogP contribution is -2.44. The predicted molar refractivity (Wildman–Crippen MR) is 75.6 cm³/mol. The van der Waals surface area contributed by atoms with E-state index in [-0.39, 0.29) is 5.56 Å². The summed E-state index contributed by atoms with van der Waals surface area (Å²) >= 11 is 3.32. The lowest BCUT2D eigenvalue weighted by atomic mass is 10.2. The van der Waals surface area contributed by atoms with Crippen LogP contribution in [0.2, 0.25) is 0 Å². The third-order valence-corrected chi connectivity index (χ3v) is 4.52. The van der Waals surface area contributed by atoms with Crippen LogP contribution in [-0.2, 0) is 4.74 Å². The van der Waals surface area contributed by atoms with Crippen molar-refractivity contribution in [2.45, 2.75) is 12.5 Å². The summed E-state index contributed by atoms with van der Waals surface area (Å²) in [6, 6.07) is 0.539. The molecule has 0 aromatic carbocycles. The van der Waals surface area contributed by atoms with Crippen LogP contribution in [-0.4, -0.2) is 60.3 Å². The molecule has 2 fully saturated rings. The average molecular weight is 329 g/mol. The Balaban J connectivity index is 1.71. The molecule has 1 atom stereocenters. The van der Waals surface area contributed by atoms with Gasteiger partial charge in [-0.25, -0.2) is 4.98 Å². The molecule has 1 aromatic heterocycles. The second kappa shape index (κ2) is 5.60. The molecule has 3 rings (SSSR count). The number of aromatic amines is 1. The smallest absolute Gasteiger partial charge is 0.267 e. The largest absolute Gasteiger partial charge is 0.379 e. The highest BCUT2D eigenvalue weighted by Crippen LogP contribution is 2.25. The van der Waals surface area contributed by atoms with Gasteiger partial charge in [0.2, 0.25) is 0 Å². The van der Waals surface area contributed by atoms with Crippen molar-refractivity contribution in [2.24, 2.45) is 0 Å². The second-order valence-electron chi connectivity index (χ2n) is 4.91. The Labute approximate surface area is 119 Å². The highest BCUT2D eigenvalue weighted by Gasteiger charge is 2.30. The highest BCUT2D eigenvalue weighted by molar-refractivity contribution is 9.10. The van der Waals surface area contributed by atoms with E-state index in [1.54, 1.807) is 0 Å². The molecule has 0 saturated carbocycles. The van der Waals surface area contributed by atoms with Crippen molar-refractivity contribution in [3.05, 3.63) is 21.2 Å². The average Bonchev–Trinajstić information content (AvgIpc) is 2.92. The van der Waals surface area contributed by atoms with Crippen molar-refractivity contribution >= 4 is 21.7 Å². The molecule has 2 aliphatic heterocycles. The van der Waals surface area contributed by atoms with Crippen LogP contribution < -0.4 is 10.5 Å². The number of H-pyrrole nitrogens is 1.